The highest BCUT2D eigenvalue weighted by Crippen LogP contribution is 2.44. The van der Waals surface area contributed by atoms with Crippen LogP contribution in [0.4, 0.5) is 0 Å². The molecule has 0 radical (unpaired) electrons. The van der Waals surface area contributed by atoms with Gasteiger partial charge in [0.1, 0.15) is 0 Å². The lowest BCUT2D eigenvalue weighted by molar-refractivity contribution is -0.126. The fourth-order valence-corrected chi connectivity index (χ4v) is 3.46. The van der Waals surface area contributed by atoms with Gasteiger partial charge in [-0.05, 0) is 30.1 Å². The van der Waals surface area contributed by atoms with E-state index in [2.05, 4.69) is 33.0 Å². The molecule has 0 aromatic carbocycles. The topological polar surface area (TPSA) is 29.1 Å². The molecule has 1 fully saturated rings. The molecule has 1 aliphatic rings. The molecular formula is C14H27NO. The second kappa shape index (κ2) is 5.70. The standard InChI is InChI=1S/C14H27NO/c1-6-12(11(4)14(16)15-5)13-8-7-9(2)10(13)3/h9-13H,6-8H2,1-5H3,(H,15,16)/t9-,10-,11?,12?,13+/m1/s1. The Morgan fingerprint density at radius 3 is 2.38 bits per heavy atom. The van der Waals surface area contributed by atoms with Crippen LogP contribution in [0.1, 0.15) is 47.0 Å². The Morgan fingerprint density at radius 2 is 2.00 bits per heavy atom. The normalized spacial score (nSPS) is 33.4. The van der Waals surface area contributed by atoms with Crippen molar-refractivity contribution in [3.05, 3.63) is 0 Å². The fourth-order valence-electron chi connectivity index (χ4n) is 3.46. The first kappa shape index (κ1) is 13.5. The van der Waals surface area contributed by atoms with Crippen LogP contribution in [0.5, 0.6) is 0 Å². The minimum atomic E-state index is 0.160. The molecule has 0 aromatic heterocycles. The Balaban J connectivity index is 2.71. The summed E-state index contributed by atoms with van der Waals surface area (Å²) < 4.78 is 0. The van der Waals surface area contributed by atoms with Crippen LogP contribution < -0.4 is 5.32 Å². The van der Waals surface area contributed by atoms with Gasteiger partial charge in [-0.3, -0.25) is 4.79 Å². The molecular weight excluding hydrogens is 198 g/mol. The molecule has 1 aliphatic carbocycles. The highest BCUT2D eigenvalue weighted by atomic mass is 16.1. The van der Waals surface area contributed by atoms with Crippen LogP contribution in [0.2, 0.25) is 0 Å². The van der Waals surface area contributed by atoms with Crippen LogP contribution >= 0.6 is 0 Å². The van der Waals surface area contributed by atoms with Gasteiger partial charge in [-0.2, -0.15) is 0 Å². The second-order valence-corrected chi connectivity index (χ2v) is 5.55. The molecule has 0 saturated heterocycles. The van der Waals surface area contributed by atoms with E-state index in [1.807, 2.05) is 0 Å². The molecule has 2 heteroatoms. The summed E-state index contributed by atoms with van der Waals surface area (Å²) >= 11 is 0. The predicted octanol–water partition coefficient (Wildman–Crippen LogP) is 3.08. The van der Waals surface area contributed by atoms with E-state index in [9.17, 15) is 4.79 Å². The minimum absolute atomic E-state index is 0.160. The average molecular weight is 225 g/mol. The number of hydrogen-bond donors (Lipinski definition) is 1. The third kappa shape index (κ3) is 2.58. The van der Waals surface area contributed by atoms with Crippen molar-refractivity contribution in [2.75, 3.05) is 7.05 Å². The lowest BCUT2D eigenvalue weighted by Gasteiger charge is -2.31. The van der Waals surface area contributed by atoms with Crippen LogP contribution in [0.3, 0.4) is 0 Å². The van der Waals surface area contributed by atoms with Crippen LogP contribution in [0.15, 0.2) is 0 Å². The minimum Gasteiger partial charge on any atom is -0.359 e. The SMILES string of the molecule is CCC(C(C)C(=O)NC)[C@H]1CC[C@@H](C)[C@H]1C. The summed E-state index contributed by atoms with van der Waals surface area (Å²) in [6, 6.07) is 0. The quantitative estimate of drug-likeness (QED) is 0.782. The number of hydrogen-bond acceptors (Lipinski definition) is 1. The van der Waals surface area contributed by atoms with Crippen LogP contribution in [0.25, 0.3) is 0 Å². The van der Waals surface area contributed by atoms with E-state index in [-0.39, 0.29) is 11.8 Å². The number of rotatable bonds is 4. The van der Waals surface area contributed by atoms with Gasteiger partial charge < -0.3 is 5.32 Å². The van der Waals surface area contributed by atoms with Gasteiger partial charge in [0.05, 0.1) is 0 Å². The first-order valence-corrected chi connectivity index (χ1v) is 6.74. The van der Waals surface area contributed by atoms with Crippen molar-refractivity contribution in [1.82, 2.24) is 5.32 Å². The first-order valence-electron chi connectivity index (χ1n) is 6.74. The zero-order valence-electron chi connectivity index (χ0n) is 11.4. The van der Waals surface area contributed by atoms with Crippen molar-refractivity contribution in [2.45, 2.75) is 47.0 Å². The van der Waals surface area contributed by atoms with E-state index in [1.165, 1.54) is 12.8 Å². The van der Waals surface area contributed by atoms with Crippen molar-refractivity contribution >= 4 is 5.91 Å². The van der Waals surface area contributed by atoms with Gasteiger partial charge in [0.2, 0.25) is 5.91 Å². The van der Waals surface area contributed by atoms with Gasteiger partial charge >= 0.3 is 0 Å². The lowest BCUT2D eigenvalue weighted by atomic mass is 9.74. The molecule has 16 heavy (non-hydrogen) atoms. The predicted molar refractivity (Wildman–Crippen MR) is 68.1 cm³/mol. The Bertz CT molecular complexity index is 239. The van der Waals surface area contributed by atoms with E-state index in [0.29, 0.717) is 5.92 Å². The van der Waals surface area contributed by atoms with Gasteiger partial charge in [-0.25, -0.2) is 0 Å². The Hall–Kier alpha value is -0.530. The Kier molecular flexibility index (Phi) is 4.82. The maximum atomic E-state index is 11.7. The van der Waals surface area contributed by atoms with Gasteiger partial charge in [0.15, 0.2) is 0 Å². The van der Waals surface area contributed by atoms with Crippen molar-refractivity contribution in [1.29, 1.82) is 0 Å². The molecule has 1 N–H and O–H groups in total. The maximum absolute atomic E-state index is 11.7. The molecule has 2 unspecified atom stereocenters. The van der Waals surface area contributed by atoms with E-state index < -0.39 is 0 Å². The first-order chi connectivity index (χ1) is 7.52. The molecule has 2 nitrogen and oxygen atoms in total. The summed E-state index contributed by atoms with van der Waals surface area (Å²) in [7, 11) is 1.74. The molecule has 5 atom stereocenters. The number of carbonyl (C=O) groups is 1. The zero-order chi connectivity index (χ0) is 12.3. The smallest absolute Gasteiger partial charge is 0.222 e. The van der Waals surface area contributed by atoms with Gasteiger partial charge in [-0.15, -0.1) is 0 Å². The molecule has 0 aromatic rings. The van der Waals surface area contributed by atoms with Crippen molar-refractivity contribution < 1.29 is 4.79 Å². The van der Waals surface area contributed by atoms with Crippen molar-refractivity contribution in [2.24, 2.45) is 29.6 Å². The molecule has 0 spiro atoms. The molecule has 94 valence electrons. The molecule has 1 amide bonds. The van der Waals surface area contributed by atoms with Gasteiger partial charge in [0.25, 0.3) is 0 Å². The van der Waals surface area contributed by atoms with Crippen molar-refractivity contribution in [3.63, 3.8) is 0 Å². The third-order valence-electron chi connectivity index (χ3n) is 4.85. The summed E-state index contributed by atoms with van der Waals surface area (Å²) in [4.78, 5) is 11.7. The molecule has 0 aliphatic heterocycles. The molecule has 0 heterocycles. The van der Waals surface area contributed by atoms with Crippen LogP contribution in [0, 0.1) is 29.6 Å². The average Bonchev–Trinajstić information content (AvgIpc) is 2.61. The zero-order valence-corrected chi connectivity index (χ0v) is 11.4. The van der Waals surface area contributed by atoms with Crippen LogP contribution in [-0.4, -0.2) is 13.0 Å². The summed E-state index contributed by atoms with van der Waals surface area (Å²) in [6.45, 7) is 9.02. The van der Waals surface area contributed by atoms with E-state index in [4.69, 9.17) is 0 Å². The van der Waals surface area contributed by atoms with Crippen LogP contribution in [-0.2, 0) is 4.79 Å². The third-order valence-corrected chi connectivity index (χ3v) is 4.85. The van der Waals surface area contributed by atoms with E-state index in [1.54, 1.807) is 7.05 Å². The lowest BCUT2D eigenvalue weighted by Crippen LogP contribution is -2.35. The second-order valence-electron chi connectivity index (χ2n) is 5.55. The van der Waals surface area contributed by atoms with Gasteiger partial charge in [-0.1, -0.05) is 40.5 Å². The van der Waals surface area contributed by atoms with E-state index in [0.717, 1.165) is 24.2 Å². The molecule has 1 rings (SSSR count). The summed E-state index contributed by atoms with van der Waals surface area (Å²) in [5.74, 6) is 3.27. The fraction of sp³-hybridized carbons (Fsp3) is 0.929. The van der Waals surface area contributed by atoms with Crippen molar-refractivity contribution in [3.8, 4) is 0 Å². The Morgan fingerprint density at radius 1 is 1.38 bits per heavy atom. The monoisotopic (exact) mass is 225 g/mol. The summed E-state index contributed by atoms with van der Waals surface area (Å²) in [5.41, 5.74) is 0. The summed E-state index contributed by atoms with van der Waals surface area (Å²) in [6.07, 6.45) is 3.77. The largest absolute Gasteiger partial charge is 0.359 e. The Labute approximate surface area is 100 Å². The molecule has 0 bridgehead atoms. The summed E-state index contributed by atoms with van der Waals surface area (Å²) in [5, 5.41) is 2.79. The highest BCUT2D eigenvalue weighted by Gasteiger charge is 2.38. The number of amides is 1. The maximum Gasteiger partial charge on any atom is 0.222 e. The number of carbonyl (C=O) groups excluding carboxylic acids is 1. The van der Waals surface area contributed by atoms with E-state index >= 15 is 0 Å². The highest BCUT2D eigenvalue weighted by molar-refractivity contribution is 5.78. The van der Waals surface area contributed by atoms with Gasteiger partial charge in [0, 0.05) is 13.0 Å². The number of nitrogens with one attached hydrogen (secondary N) is 1. The molecule has 1 saturated carbocycles.